The number of carboxylic acids is 2. The van der Waals surface area contributed by atoms with Crippen molar-refractivity contribution in [2.75, 3.05) is 18.8 Å². The lowest BCUT2D eigenvalue weighted by atomic mass is 10.0. The number of carbonyl (C=O) groups is 6. The van der Waals surface area contributed by atoms with Gasteiger partial charge in [0.1, 0.15) is 17.1 Å². The minimum atomic E-state index is -2.04. The molecular formula is C26H27ClN8O11S2. The maximum absolute atomic E-state index is 13.6. The first-order valence-electron chi connectivity index (χ1n) is 13.8. The summed E-state index contributed by atoms with van der Waals surface area (Å²) in [7, 11) is 0. The number of nitrogens with one attached hydrogen (secondary N) is 2. The molecule has 0 unspecified atom stereocenters. The van der Waals surface area contributed by atoms with Crippen molar-refractivity contribution < 1.29 is 54.0 Å². The lowest BCUT2D eigenvalue weighted by molar-refractivity contribution is -0.161. The summed E-state index contributed by atoms with van der Waals surface area (Å²) < 4.78 is 0. The molecule has 48 heavy (non-hydrogen) atoms. The van der Waals surface area contributed by atoms with Gasteiger partial charge in [-0.25, -0.2) is 24.4 Å². The molecule has 3 aliphatic rings. The van der Waals surface area contributed by atoms with Crippen molar-refractivity contribution in [1.82, 2.24) is 30.5 Å². The van der Waals surface area contributed by atoms with Crippen LogP contribution in [0.4, 0.5) is 9.93 Å². The Balaban J connectivity index is 1.34. The second-order valence-corrected chi connectivity index (χ2v) is 13.9. The van der Waals surface area contributed by atoms with Crippen LogP contribution in [0.15, 0.2) is 22.7 Å². The Morgan fingerprint density at radius 3 is 2.50 bits per heavy atom. The number of amides is 5. The number of halogens is 1. The number of phenolic OH excluding ortho intramolecular Hbond substituents is 2. The fourth-order valence-electron chi connectivity index (χ4n) is 5.05. The zero-order valence-electron chi connectivity index (χ0n) is 25.0. The number of oxime groups is 1. The number of thiazole rings is 1. The fraction of sp³-hybridized carbons (Fsp3) is 0.385. The van der Waals surface area contributed by atoms with Crippen LogP contribution >= 0.6 is 34.7 Å². The molecule has 4 heterocycles. The van der Waals surface area contributed by atoms with Gasteiger partial charge >= 0.3 is 18.0 Å². The van der Waals surface area contributed by atoms with Gasteiger partial charge in [-0.2, -0.15) is 0 Å². The van der Waals surface area contributed by atoms with E-state index < -0.39 is 92.4 Å². The minimum Gasteiger partial charge on any atom is -0.504 e. The van der Waals surface area contributed by atoms with Gasteiger partial charge in [-0.3, -0.25) is 24.7 Å². The van der Waals surface area contributed by atoms with Gasteiger partial charge in [-0.1, -0.05) is 28.5 Å². The fourth-order valence-corrected chi connectivity index (χ4v) is 7.55. The number of β-lactam (4-membered cyclic amide) rings is 1. The Hall–Kier alpha value is -5.02. The van der Waals surface area contributed by atoms with Gasteiger partial charge < -0.3 is 41.2 Å². The number of carbonyl (C=O) groups excluding carboxylic acids is 4. The van der Waals surface area contributed by atoms with E-state index in [1.54, 1.807) is 0 Å². The number of hydrazine groups is 1. The highest BCUT2D eigenvalue weighted by Gasteiger charge is 2.67. The number of thioether (sulfide) groups is 1. The maximum atomic E-state index is 13.6. The van der Waals surface area contributed by atoms with Crippen LogP contribution < -0.4 is 16.5 Å². The molecule has 256 valence electrons. The first-order valence-corrected chi connectivity index (χ1v) is 15.9. The van der Waals surface area contributed by atoms with E-state index in [4.69, 9.17) is 22.2 Å². The monoisotopic (exact) mass is 726 g/mol. The third-order valence-corrected chi connectivity index (χ3v) is 10.3. The van der Waals surface area contributed by atoms with Crippen molar-refractivity contribution in [3.8, 4) is 11.5 Å². The molecule has 3 saturated heterocycles. The molecule has 0 spiro atoms. The van der Waals surface area contributed by atoms with E-state index in [0.29, 0.717) is 0 Å². The molecule has 5 amide bonds. The van der Waals surface area contributed by atoms with E-state index >= 15 is 0 Å². The van der Waals surface area contributed by atoms with E-state index in [1.165, 1.54) is 31.1 Å². The SMILES string of the molecule is C[C@H]1CN(NC(=O)c2ccc(O)c(O)c2Cl)C(=O)N1[C@]1(C(=O)O)CN2C(=O)[C@@H](NC(=O)/C(=N\OC(C)(C)C(=O)O)c3csc(N)n3)[C@H]2S1. The van der Waals surface area contributed by atoms with Crippen molar-refractivity contribution in [3.63, 3.8) is 0 Å². The number of carboxylic acid groups (broad SMARTS) is 2. The van der Waals surface area contributed by atoms with Crippen molar-refractivity contribution in [1.29, 1.82) is 0 Å². The van der Waals surface area contributed by atoms with E-state index in [1.807, 2.05) is 0 Å². The predicted octanol–water partition coefficient (Wildman–Crippen LogP) is 0.0257. The average molecular weight is 727 g/mol. The Kier molecular flexibility index (Phi) is 8.73. The number of nitrogens with zero attached hydrogens (tertiary/aromatic N) is 5. The standard InChI is InChI=1S/C26H27ClN8O11S2/c1-9-6-34(31-17(38)10-4-5-12(36)16(37)13(10)27)24(45)35(9)26(22(43)44)8-33-19(40)15(20(33)48-26)30-18(39)14(11-7-47-23(28)29-11)32-46-25(2,3)21(41)42/h4-5,7,9,15,20,36-37H,6,8H2,1-3H3,(H2,28,29)(H,30,39)(H,31,38)(H,41,42)(H,43,44)/b32-14-/t9-,15+,20+,26+/m0/s1. The normalized spacial score (nSPS) is 23.9. The van der Waals surface area contributed by atoms with Crippen LogP contribution in [-0.2, 0) is 24.0 Å². The molecule has 5 rings (SSSR count). The zero-order chi connectivity index (χ0) is 35.5. The quantitative estimate of drug-likeness (QED) is 0.0736. The summed E-state index contributed by atoms with van der Waals surface area (Å²) in [5.41, 5.74) is 5.33. The molecule has 19 nitrogen and oxygen atoms in total. The second kappa shape index (κ2) is 12.2. The Bertz CT molecular complexity index is 1790. The number of hydrogen-bond acceptors (Lipinski definition) is 14. The molecule has 0 bridgehead atoms. The van der Waals surface area contributed by atoms with Gasteiger partial charge in [0.15, 0.2) is 22.3 Å². The van der Waals surface area contributed by atoms with Crippen molar-refractivity contribution in [3.05, 3.63) is 33.8 Å². The summed E-state index contributed by atoms with van der Waals surface area (Å²) in [4.78, 5) is 86.6. The molecule has 22 heteroatoms. The van der Waals surface area contributed by atoms with Crippen LogP contribution in [0, 0.1) is 0 Å². The smallest absolute Gasteiger partial charge is 0.350 e. The van der Waals surface area contributed by atoms with Gasteiger partial charge in [0.25, 0.3) is 11.8 Å². The number of aromatic nitrogens is 1. The van der Waals surface area contributed by atoms with Gasteiger partial charge in [0.05, 0.1) is 29.7 Å². The van der Waals surface area contributed by atoms with E-state index in [2.05, 4.69) is 20.9 Å². The summed E-state index contributed by atoms with van der Waals surface area (Å²) in [6, 6.07) is -0.883. The number of aliphatic carboxylic acids is 2. The molecule has 3 aliphatic heterocycles. The summed E-state index contributed by atoms with van der Waals surface area (Å²) in [6.07, 6.45) is 0. The average Bonchev–Trinajstić information content (AvgIpc) is 3.68. The second-order valence-electron chi connectivity index (χ2n) is 11.3. The number of fused-ring (bicyclic) bond motifs is 1. The number of rotatable bonds is 10. The van der Waals surface area contributed by atoms with Crippen LogP contribution in [0.5, 0.6) is 11.5 Å². The number of urea groups is 1. The van der Waals surface area contributed by atoms with Gasteiger partial charge in [0, 0.05) is 5.38 Å². The van der Waals surface area contributed by atoms with E-state index in [-0.39, 0.29) is 22.9 Å². The number of phenols is 2. The predicted molar refractivity (Wildman–Crippen MR) is 167 cm³/mol. The highest BCUT2D eigenvalue weighted by molar-refractivity contribution is 8.02. The van der Waals surface area contributed by atoms with Crippen LogP contribution in [0.25, 0.3) is 0 Å². The van der Waals surface area contributed by atoms with Crippen LogP contribution in [0.3, 0.4) is 0 Å². The minimum absolute atomic E-state index is 0.0606. The topological polar surface area (TPSA) is 278 Å². The summed E-state index contributed by atoms with van der Waals surface area (Å²) in [5, 5.41) is 46.3. The first kappa shape index (κ1) is 34.3. The Morgan fingerprint density at radius 2 is 1.90 bits per heavy atom. The van der Waals surface area contributed by atoms with Gasteiger partial charge in [-0.15, -0.1) is 11.3 Å². The van der Waals surface area contributed by atoms with Crippen molar-refractivity contribution >= 4 is 81.2 Å². The molecule has 8 N–H and O–H groups in total. The zero-order valence-corrected chi connectivity index (χ0v) is 27.4. The maximum Gasteiger partial charge on any atom is 0.350 e. The molecule has 1 aromatic carbocycles. The lowest BCUT2D eigenvalue weighted by Gasteiger charge is -2.41. The Morgan fingerprint density at radius 1 is 1.21 bits per heavy atom. The summed E-state index contributed by atoms with van der Waals surface area (Å²) in [5.74, 6) is -6.77. The van der Waals surface area contributed by atoms with E-state index in [0.717, 1.165) is 45.1 Å². The molecule has 4 atom stereocenters. The molecular weight excluding hydrogens is 700 g/mol. The molecule has 0 saturated carbocycles. The Labute approximate surface area is 283 Å². The number of nitrogen functional groups attached to an aromatic ring is 1. The third-order valence-electron chi connectivity index (χ3n) is 7.61. The van der Waals surface area contributed by atoms with Crippen LogP contribution in [-0.4, -0.2) is 123 Å². The first-order chi connectivity index (χ1) is 22.4. The number of hydrogen-bond donors (Lipinski definition) is 7. The molecule has 1 aromatic heterocycles. The summed E-state index contributed by atoms with van der Waals surface area (Å²) in [6.45, 7) is 3.28. The number of aromatic hydroxyl groups is 2. The summed E-state index contributed by atoms with van der Waals surface area (Å²) >= 11 is 7.65. The third kappa shape index (κ3) is 5.72. The van der Waals surface area contributed by atoms with Gasteiger partial charge in [-0.05, 0) is 32.9 Å². The number of benzene rings is 1. The van der Waals surface area contributed by atoms with Crippen LogP contribution in [0.2, 0.25) is 5.02 Å². The largest absolute Gasteiger partial charge is 0.504 e. The highest BCUT2D eigenvalue weighted by atomic mass is 35.5. The highest BCUT2D eigenvalue weighted by Crippen LogP contribution is 2.50. The molecule has 3 fully saturated rings. The molecule has 0 radical (unpaired) electrons. The van der Waals surface area contributed by atoms with Crippen molar-refractivity contribution in [2.24, 2.45) is 5.16 Å². The van der Waals surface area contributed by atoms with Crippen LogP contribution in [0.1, 0.15) is 36.8 Å². The van der Waals surface area contributed by atoms with E-state index in [9.17, 15) is 49.2 Å². The molecule has 0 aliphatic carbocycles. The van der Waals surface area contributed by atoms with Crippen molar-refractivity contribution in [2.45, 2.75) is 48.7 Å². The number of nitrogens with two attached hydrogens (primary N) is 1. The molecule has 2 aromatic rings. The number of anilines is 1. The lowest BCUT2D eigenvalue weighted by Crippen LogP contribution is -2.68. The van der Waals surface area contributed by atoms with Gasteiger partial charge in [0.2, 0.25) is 16.4 Å².